The van der Waals surface area contributed by atoms with E-state index in [-0.39, 0.29) is 5.78 Å². The van der Waals surface area contributed by atoms with E-state index in [2.05, 4.69) is 21.0 Å². The summed E-state index contributed by atoms with van der Waals surface area (Å²) in [6.45, 7) is 1.96. The summed E-state index contributed by atoms with van der Waals surface area (Å²) < 4.78 is 2.46. The summed E-state index contributed by atoms with van der Waals surface area (Å²) in [5.74, 6) is -0.0591. The Morgan fingerprint density at radius 2 is 2.12 bits per heavy atom. The minimum Gasteiger partial charge on any atom is -0.287 e. The van der Waals surface area contributed by atoms with E-state index < -0.39 is 0 Å². The van der Waals surface area contributed by atoms with Gasteiger partial charge in [-0.3, -0.25) is 9.48 Å². The summed E-state index contributed by atoms with van der Waals surface area (Å²) in [7, 11) is 1.79. The average Bonchev–Trinajstić information content (AvgIpc) is 2.68. The average molecular weight is 279 g/mol. The first-order valence-corrected chi connectivity index (χ1v) is 5.68. The molecule has 1 aromatic heterocycles. The van der Waals surface area contributed by atoms with Crippen LogP contribution in [-0.4, -0.2) is 15.6 Å². The highest BCUT2D eigenvalue weighted by atomic mass is 79.9. The van der Waals surface area contributed by atoms with Crippen LogP contribution in [0.3, 0.4) is 0 Å². The summed E-state index contributed by atoms with van der Waals surface area (Å²) >= 11 is 3.43. The number of carbonyl (C=O) groups is 1. The quantitative estimate of drug-likeness (QED) is 0.792. The van der Waals surface area contributed by atoms with Gasteiger partial charge in [0, 0.05) is 23.3 Å². The minimum atomic E-state index is -0.0591. The molecule has 0 atom stereocenters. The first kappa shape index (κ1) is 11.1. The van der Waals surface area contributed by atoms with Gasteiger partial charge in [0.15, 0.2) is 0 Å². The van der Waals surface area contributed by atoms with Gasteiger partial charge in [0.25, 0.3) is 0 Å². The van der Waals surface area contributed by atoms with E-state index in [1.807, 2.05) is 19.1 Å². The van der Waals surface area contributed by atoms with E-state index in [0.717, 1.165) is 10.0 Å². The molecule has 0 N–H and O–H groups in total. The third kappa shape index (κ3) is 1.93. The summed E-state index contributed by atoms with van der Waals surface area (Å²) in [5.41, 5.74) is 2.16. The first-order valence-electron chi connectivity index (χ1n) is 4.89. The number of rotatable bonds is 2. The molecular weight excluding hydrogens is 268 g/mol. The van der Waals surface area contributed by atoms with Crippen LogP contribution in [0.15, 0.2) is 34.9 Å². The number of benzene rings is 1. The number of halogens is 1. The topological polar surface area (TPSA) is 34.9 Å². The zero-order valence-corrected chi connectivity index (χ0v) is 10.7. The van der Waals surface area contributed by atoms with E-state index in [0.29, 0.717) is 11.3 Å². The molecule has 0 fully saturated rings. The van der Waals surface area contributed by atoms with E-state index in [4.69, 9.17) is 0 Å². The van der Waals surface area contributed by atoms with Crippen molar-refractivity contribution in [2.45, 2.75) is 6.92 Å². The fraction of sp³-hybridized carbons (Fsp3) is 0.167. The molecule has 4 heteroatoms. The number of hydrogen-bond donors (Lipinski definition) is 0. The lowest BCUT2D eigenvalue weighted by molar-refractivity contribution is 0.103. The first-order chi connectivity index (χ1) is 7.59. The number of nitrogens with zero attached hydrogens (tertiary/aromatic N) is 2. The molecule has 2 rings (SSSR count). The van der Waals surface area contributed by atoms with Crippen LogP contribution in [0.2, 0.25) is 0 Å². The van der Waals surface area contributed by atoms with Gasteiger partial charge in [-0.2, -0.15) is 5.10 Å². The maximum atomic E-state index is 12.1. The maximum absolute atomic E-state index is 12.1. The molecule has 0 radical (unpaired) electrons. The van der Waals surface area contributed by atoms with Gasteiger partial charge in [-0.1, -0.05) is 12.1 Å². The second kappa shape index (κ2) is 4.22. The monoisotopic (exact) mass is 278 g/mol. The summed E-state index contributed by atoms with van der Waals surface area (Å²) in [6, 6.07) is 7.35. The Labute approximate surface area is 102 Å². The second-order valence-electron chi connectivity index (χ2n) is 3.64. The van der Waals surface area contributed by atoms with Crippen molar-refractivity contribution in [1.82, 2.24) is 9.78 Å². The molecule has 0 saturated carbocycles. The van der Waals surface area contributed by atoms with Crippen LogP contribution < -0.4 is 0 Å². The molecule has 0 aliphatic heterocycles. The van der Waals surface area contributed by atoms with Gasteiger partial charge >= 0.3 is 0 Å². The number of ketones is 1. The maximum Gasteiger partial charge on any atom is 0.214 e. The lowest BCUT2D eigenvalue weighted by Gasteiger charge is -2.03. The molecule has 0 amide bonds. The van der Waals surface area contributed by atoms with Gasteiger partial charge in [-0.05, 0) is 40.5 Å². The van der Waals surface area contributed by atoms with Gasteiger partial charge < -0.3 is 0 Å². The van der Waals surface area contributed by atoms with Crippen molar-refractivity contribution in [2.24, 2.45) is 7.05 Å². The molecule has 1 heterocycles. The van der Waals surface area contributed by atoms with Crippen molar-refractivity contribution < 1.29 is 4.79 Å². The van der Waals surface area contributed by atoms with Crippen LogP contribution in [0, 0.1) is 6.92 Å². The molecule has 0 bridgehead atoms. The van der Waals surface area contributed by atoms with Crippen molar-refractivity contribution in [3.05, 3.63) is 51.8 Å². The SMILES string of the molecule is Cc1cccc(C(=O)c2ccn(C)n2)c1Br. The van der Waals surface area contributed by atoms with Gasteiger partial charge in [-0.15, -0.1) is 0 Å². The fourth-order valence-electron chi connectivity index (χ4n) is 1.50. The lowest BCUT2D eigenvalue weighted by Crippen LogP contribution is -2.04. The van der Waals surface area contributed by atoms with Gasteiger partial charge in [-0.25, -0.2) is 0 Å². The van der Waals surface area contributed by atoms with Crippen molar-refractivity contribution in [3.63, 3.8) is 0 Å². The highest BCUT2D eigenvalue weighted by Crippen LogP contribution is 2.23. The second-order valence-corrected chi connectivity index (χ2v) is 4.43. The molecule has 0 aliphatic carbocycles. The van der Waals surface area contributed by atoms with Crippen LogP contribution in [0.5, 0.6) is 0 Å². The lowest BCUT2D eigenvalue weighted by atomic mass is 10.1. The van der Waals surface area contributed by atoms with E-state index in [9.17, 15) is 4.79 Å². The molecule has 0 spiro atoms. The van der Waals surface area contributed by atoms with E-state index >= 15 is 0 Å². The van der Waals surface area contributed by atoms with Crippen LogP contribution in [-0.2, 0) is 7.05 Å². The zero-order chi connectivity index (χ0) is 11.7. The Morgan fingerprint density at radius 3 is 2.75 bits per heavy atom. The fourth-order valence-corrected chi connectivity index (χ4v) is 1.94. The molecule has 82 valence electrons. The number of carbonyl (C=O) groups excluding carboxylic acids is 1. The summed E-state index contributed by atoms with van der Waals surface area (Å²) in [5, 5.41) is 4.10. The van der Waals surface area contributed by atoms with Gasteiger partial charge in [0.2, 0.25) is 5.78 Å². The minimum absolute atomic E-state index is 0.0591. The predicted molar refractivity (Wildman–Crippen MR) is 65.5 cm³/mol. The van der Waals surface area contributed by atoms with Crippen molar-refractivity contribution in [1.29, 1.82) is 0 Å². The Morgan fingerprint density at radius 1 is 1.38 bits per heavy atom. The summed E-state index contributed by atoms with van der Waals surface area (Å²) in [4.78, 5) is 12.1. The Kier molecular flexibility index (Phi) is 2.92. The van der Waals surface area contributed by atoms with Crippen molar-refractivity contribution in [3.8, 4) is 0 Å². The highest BCUT2D eigenvalue weighted by molar-refractivity contribution is 9.10. The normalized spacial score (nSPS) is 10.4. The van der Waals surface area contributed by atoms with Gasteiger partial charge in [0.05, 0.1) is 0 Å². The Hall–Kier alpha value is -1.42. The third-order valence-corrected chi connectivity index (χ3v) is 3.44. The standard InChI is InChI=1S/C12H11BrN2O/c1-8-4-3-5-9(11(8)13)12(16)10-6-7-15(2)14-10/h3-7H,1-2H3. The molecule has 0 aliphatic rings. The van der Waals surface area contributed by atoms with E-state index in [1.54, 1.807) is 30.1 Å². The smallest absolute Gasteiger partial charge is 0.214 e. The van der Waals surface area contributed by atoms with Gasteiger partial charge in [0.1, 0.15) is 5.69 Å². The molecular formula is C12H11BrN2O. The molecule has 0 unspecified atom stereocenters. The molecule has 16 heavy (non-hydrogen) atoms. The number of aryl methyl sites for hydroxylation is 2. The number of hydrogen-bond acceptors (Lipinski definition) is 2. The zero-order valence-electron chi connectivity index (χ0n) is 9.07. The molecule has 2 aromatic rings. The third-order valence-electron chi connectivity index (χ3n) is 2.38. The van der Waals surface area contributed by atoms with E-state index in [1.165, 1.54) is 0 Å². The van der Waals surface area contributed by atoms with Crippen LogP contribution in [0.4, 0.5) is 0 Å². The Balaban J connectivity index is 2.45. The van der Waals surface area contributed by atoms with Crippen LogP contribution in [0.1, 0.15) is 21.6 Å². The molecule has 0 saturated heterocycles. The van der Waals surface area contributed by atoms with Crippen LogP contribution >= 0.6 is 15.9 Å². The van der Waals surface area contributed by atoms with Crippen molar-refractivity contribution >= 4 is 21.7 Å². The highest BCUT2D eigenvalue weighted by Gasteiger charge is 2.15. The largest absolute Gasteiger partial charge is 0.287 e. The molecule has 1 aromatic carbocycles. The predicted octanol–water partition coefficient (Wildman–Crippen LogP) is 2.72. The van der Waals surface area contributed by atoms with Crippen molar-refractivity contribution in [2.75, 3.05) is 0 Å². The molecule has 3 nitrogen and oxygen atoms in total. The summed E-state index contributed by atoms with van der Waals surface area (Å²) in [6.07, 6.45) is 1.76. The van der Waals surface area contributed by atoms with Crippen LogP contribution in [0.25, 0.3) is 0 Å². The Bertz CT molecular complexity index is 546. The number of aromatic nitrogens is 2.